The fraction of sp³-hybridized carbons (Fsp3) is 0. The van der Waals surface area contributed by atoms with E-state index in [1.54, 1.807) is 18.2 Å². The second-order valence-corrected chi connectivity index (χ2v) is 2.35. The highest BCUT2D eigenvalue weighted by molar-refractivity contribution is 5.87. The Hall–Kier alpha value is -1.50. The summed E-state index contributed by atoms with van der Waals surface area (Å²) in [6, 6.07) is 8.71. The third kappa shape index (κ3) is 0.944. The van der Waals surface area contributed by atoms with Gasteiger partial charge in [-0.15, -0.1) is 0 Å². The molecule has 0 aliphatic heterocycles. The van der Waals surface area contributed by atoms with Gasteiger partial charge in [0.15, 0.2) is 0 Å². The fourth-order valence-electron chi connectivity index (χ4n) is 1.09. The number of hydrogen-bond acceptors (Lipinski definition) is 1. The number of fused-ring (bicyclic) bond motifs is 1. The summed E-state index contributed by atoms with van der Waals surface area (Å²) in [5, 5.41) is 11.0. The number of hydrogen-bond donors (Lipinski definition) is 1. The lowest BCUT2D eigenvalue weighted by Gasteiger charge is -1.97. The van der Waals surface area contributed by atoms with E-state index in [9.17, 15) is 5.11 Å². The molecule has 0 bridgehead atoms. The zero-order valence-electron chi connectivity index (χ0n) is 7.83. The van der Waals surface area contributed by atoms with Gasteiger partial charge in [0.25, 0.3) is 0 Å². The van der Waals surface area contributed by atoms with E-state index in [4.69, 9.17) is 2.74 Å². The van der Waals surface area contributed by atoms with Gasteiger partial charge in [0.2, 0.25) is 0 Å². The van der Waals surface area contributed by atoms with E-state index >= 15 is 0 Å². The maximum absolute atomic E-state index is 9.53. The van der Waals surface area contributed by atoms with E-state index < -0.39 is 0 Å². The average Bonchev–Trinajstić information content (AvgIpc) is 2.15. The first-order chi connectivity index (χ1) is 6.20. The Morgan fingerprint density at radius 1 is 1.18 bits per heavy atom. The molecular formula is C10H8O. The lowest BCUT2D eigenvalue weighted by atomic mass is 10.1. The lowest BCUT2D eigenvalue weighted by molar-refractivity contribution is 0.481. The minimum absolute atomic E-state index is 0.0520. The van der Waals surface area contributed by atoms with Gasteiger partial charge in [-0.2, -0.15) is 0 Å². The molecule has 0 amide bonds. The van der Waals surface area contributed by atoms with Crippen LogP contribution in [0.1, 0.15) is 2.74 Å². The van der Waals surface area contributed by atoms with Crippen molar-refractivity contribution in [1.82, 2.24) is 0 Å². The van der Waals surface area contributed by atoms with Crippen molar-refractivity contribution in [2.75, 3.05) is 0 Å². The van der Waals surface area contributed by atoms with E-state index in [1.165, 1.54) is 0 Å². The summed E-state index contributed by atoms with van der Waals surface area (Å²) in [4.78, 5) is 0. The first-order valence-corrected chi connectivity index (χ1v) is 3.38. The summed E-state index contributed by atoms with van der Waals surface area (Å²) in [5.74, 6) is -0.108. The molecule has 1 nitrogen and oxygen atoms in total. The molecule has 0 unspecified atom stereocenters. The van der Waals surface area contributed by atoms with Crippen LogP contribution in [0.25, 0.3) is 10.8 Å². The van der Waals surface area contributed by atoms with E-state index in [1.807, 2.05) is 12.1 Å². The Morgan fingerprint density at radius 3 is 2.91 bits per heavy atom. The number of benzene rings is 2. The van der Waals surface area contributed by atoms with Gasteiger partial charge in [-0.05, 0) is 11.4 Å². The average molecular weight is 146 g/mol. The van der Waals surface area contributed by atoms with Gasteiger partial charge in [0.1, 0.15) is 5.75 Å². The van der Waals surface area contributed by atoms with Crippen molar-refractivity contribution in [1.29, 1.82) is 0 Å². The van der Waals surface area contributed by atoms with Gasteiger partial charge >= 0.3 is 0 Å². The van der Waals surface area contributed by atoms with Crippen LogP contribution in [0.4, 0.5) is 0 Å². The van der Waals surface area contributed by atoms with Crippen LogP contribution in [0.2, 0.25) is 0 Å². The van der Waals surface area contributed by atoms with Crippen LogP contribution >= 0.6 is 0 Å². The number of phenolic OH excluding ortho intramolecular Hbond substituents is 1. The first kappa shape index (κ1) is 4.39. The molecule has 0 spiro atoms. The van der Waals surface area contributed by atoms with Gasteiger partial charge in [-0.1, -0.05) is 36.4 Å². The van der Waals surface area contributed by atoms with Crippen LogP contribution in [-0.4, -0.2) is 5.11 Å². The number of aromatic hydroxyl groups is 1. The van der Waals surface area contributed by atoms with Gasteiger partial charge in [-0.25, -0.2) is 0 Å². The van der Waals surface area contributed by atoms with Crippen molar-refractivity contribution in [2.24, 2.45) is 0 Å². The van der Waals surface area contributed by atoms with Crippen LogP contribution in [0.3, 0.4) is 0 Å². The normalized spacial score (nSPS) is 12.7. The number of rotatable bonds is 0. The topological polar surface area (TPSA) is 20.2 Å². The molecule has 0 fully saturated rings. The second kappa shape index (κ2) is 2.27. The summed E-state index contributed by atoms with van der Waals surface area (Å²) in [6.45, 7) is 0. The Balaban J connectivity index is 2.94. The Morgan fingerprint density at radius 2 is 2.00 bits per heavy atom. The smallest absolute Gasteiger partial charge is 0.123 e. The van der Waals surface area contributed by atoms with Gasteiger partial charge < -0.3 is 5.11 Å². The van der Waals surface area contributed by atoms with E-state index in [-0.39, 0.29) is 17.8 Å². The van der Waals surface area contributed by atoms with E-state index in [0.717, 1.165) is 5.39 Å². The Kier molecular flexibility index (Phi) is 0.908. The lowest BCUT2D eigenvalue weighted by Crippen LogP contribution is -1.70. The second-order valence-electron chi connectivity index (χ2n) is 2.35. The van der Waals surface area contributed by atoms with Crippen LogP contribution in [-0.2, 0) is 0 Å². The quantitative estimate of drug-likeness (QED) is 0.605. The highest BCUT2D eigenvalue weighted by atomic mass is 16.3. The SMILES string of the molecule is [2H]c1cc2ccccc2c(O)c1[2H]. The minimum atomic E-state index is -0.112. The van der Waals surface area contributed by atoms with Crippen LogP contribution < -0.4 is 0 Å². The molecule has 2 aromatic carbocycles. The van der Waals surface area contributed by atoms with Crippen LogP contribution in [0.5, 0.6) is 5.75 Å². The highest BCUT2D eigenvalue weighted by Crippen LogP contribution is 2.22. The van der Waals surface area contributed by atoms with Crippen molar-refractivity contribution < 1.29 is 7.85 Å². The molecule has 0 aliphatic carbocycles. The molecule has 0 aliphatic rings. The van der Waals surface area contributed by atoms with Crippen LogP contribution in [0.15, 0.2) is 42.4 Å². The van der Waals surface area contributed by atoms with Crippen molar-refractivity contribution in [3.05, 3.63) is 42.4 Å². The molecule has 0 radical (unpaired) electrons. The molecule has 2 aromatic rings. The predicted octanol–water partition coefficient (Wildman–Crippen LogP) is 2.55. The molecule has 54 valence electrons. The summed E-state index contributed by atoms with van der Waals surface area (Å²) in [6.07, 6.45) is 0. The molecule has 0 heterocycles. The van der Waals surface area contributed by atoms with Crippen LogP contribution in [0, 0.1) is 0 Å². The fourth-order valence-corrected chi connectivity index (χ4v) is 1.09. The predicted molar refractivity (Wildman–Crippen MR) is 45.6 cm³/mol. The highest BCUT2D eigenvalue weighted by Gasteiger charge is 1.94. The molecule has 0 aromatic heterocycles. The third-order valence-electron chi connectivity index (χ3n) is 1.63. The van der Waals surface area contributed by atoms with Crippen molar-refractivity contribution in [3.8, 4) is 5.75 Å². The summed E-state index contributed by atoms with van der Waals surface area (Å²) >= 11 is 0. The maximum atomic E-state index is 9.53. The zero-order chi connectivity index (χ0) is 9.42. The Labute approximate surface area is 67.7 Å². The van der Waals surface area contributed by atoms with E-state index in [2.05, 4.69) is 0 Å². The molecule has 0 saturated heterocycles. The van der Waals surface area contributed by atoms with Crippen molar-refractivity contribution >= 4 is 10.8 Å². The molecule has 0 atom stereocenters. The molecule has 11 heavy (non-hydrogen) atoms. The minimum Gasteiger partial charge on any atom is -0.507 e. The molecular weight excluding hydrogens is 136 g/mol. The van der Waals surface area contributed by atoms with Crippen molar-refractivity contribution in [2.45, 2.75) is 0 Å². The summed E-state index contributed by atoms with van der Waals surface area (Å²) in [7, 11) is 0. The zero-order valence-corrected chi connectivity index (χ0v) is 5.83. The van der Waals surface area contributed by atoms with Gasteiger partial charge in [-0.3, -0.25) is 0 Å². The van der Waals surface area contributed by atoms with Crippen molar-refractivity contribution in [3.63, 3.8) is 0 Å². The largest absolute Gasteiger partial charge is 0.507 e. The third-order valence-corrected chi connectivity index (χ3v) is 1.63. The molecule has 2 rings (SSSR count). The standard InChI is InChI=1S/C10H8O/c11-10-7-3-5-8-4-1-2-6-9(8)10/h1-7,11H/i3D,7D. The summed E-state index contributed by atoms with van der Waals surface area (Å²) in [5.41, 5.74) is 0. The Bertz CT molecular complexity index is 466. The molecule has 1 heteroatoms. The first-order valence-electron chi connectivity index (χ1n) is 4.38. The van der Waals surface area contributed by atoms with E-state index in [0.29, 0.717) is 5.39 Å². The molecule has 0 saturated carbocycles. The number of phenols is 1. The summed E-state index contributed by atoms with van der Waals surface area (Å²) < 4.78 is 14.8. The maximum Gasteiger partial charge on any atom is 0.123 e. The molecule has 1 N–H and O–H groups in total. The van der Waals surface area contributed by atoms with Gasteiger partial charge in [0, 0.05) is 5.39 Å². The monoisotopic (exact) mass is 146 g/mol. The van der Waals surface area contributed by atoms with Gasteiger partial charge in [0.05, 0.1) is 2.74 Å².